The predicted octanol–water partition coefficient (Wildman–Crippen LogP) is 3.63. The summed E-state index contributed by atoms with van der Waals surface area (Å²) >= 11 is 0. The highest BCUT2D eigenvalue weighted by molar-refractivity contribution is 5.65. The minimum absolute atomic E-state index is 0.144. The highest BCUT2D eigenvalue weighted by Crippen LogP contribution is 2.41. The van der Waals surface area contributed by atoms with Crippen molar-refractivity contribution >= 4 is 0 Å². The van der Waals surface area contributed by atoms with E-state index in [0.29, 0.717) is 19.2 Å². The Morgan fingerprint density at radius 3 is 2.74 bits per heavy atom. The first-order valence-electron chi connectivity index (χ1n) is 9.32. The first-order valence-corrected chi connectivity index (χ1v) is 9.32. The lowest BCUT2D eigenvalue weighted by Gasteiger charge is -2.12. The van der Waals surface area contributed by atoms with Gasteiger partial charge in [-0.1, -0.05) is 36.4 Å². The van der Waals surface area contributed by atoms with Gasteiger partial charge in [0, 0.05) is 12.3 Å². The van der Waals surface area contributed by atoms with E-state index in [-0.39, 0.29) is 11.7 Å². The number of aromatic nitrogens is 2. The first-order chi connectivity index (χ1) is 13.2. The Bertz CT molecular complexity index is 1020. The molecule has 0 amide bonds. The fraction of sp³-hybridized carbons (Fsp3) is 0.273. The molecular formula is C22H20N2O3. The molecule has 136 valence electrons. The van der Waals surface area contributed by atoms with Crippen LogP contribution < -0.4 is 15.0 Å². The monoisotopic (exact) mass is 360 g/mol. The predicted molar refractivity (Wildman–Crippen MR) is 102 cm³/mol. The summed E-state index contributed by atoms with van der Waals surface area (Å²) in [7, 11) is 0. The van der Waals surface area contributed by atoms with E-state index in [1.54, 1.807) is 6.20 Å². The van der Waals surface area contributed by atoms with E-state index in [2.05, 4.69) is 41.4 Å². The smallest absolute Gasteiger partial charge is 0.300 e. The van der Waals surface area contributed by atoms with E-state index in [0.717, 1.165) is 11.7 Å². The largest absolute Gasteiger partial charge is 0.490 e. The van der Waals surface area contributed by atoms with Crippen LogP contribution in [0.2, 0.25) is 0 Å². The quantitative estimate of drug-likeness (QED) is 0.697. The van der Waals surface area contributed by atoms with Gasteiger partial charge in [0.15, 0.2) is 6.10 Å². The minimum Gasteiger partial charge on any atom is -0.490 e. The second kappa shape index (κ2) is 6.58. The maximum Gasteiger partial charge on any atom is 0.300 e. The SMILES string of the molecule is O=c1ccn2c(n1)OC(COc1ccc(-c3cccc(C4CC4)c3)cc1)C2. The number of fused-ring (bicyclic) bond motifs is 1. The topological polar surface area (TPSA) is 53.4 Å². The van der Waals surface area contributed by atoms with E-state index in [1.165, 1.54) is 35.6 Å². The fourth-order valence-corrected chi connectivity index (χ4v) is 3.46. The van der Waals surface area contributed by atoms with Crippen LogP contribution in [0.1, 0.15) is 24.3 Å². The summed E-state index contributed by atoms with van der Waals surface area (Å²) in [5, 5.41) is 0. The third-order valence-corrected chi connectivity index (χ3v) is 5.08. The molecule has 2 aliphatic rings. The average molecular weight is 360 g/mol. The van der Waals surface area contributed by atoms with Crippen molar-refractivity contribution in [3.8, 4) is 22.9 Å². The molecule has 1 aliphatic heterocycles. The van der Waals surface area contributed by atoms with Crippen molar-refractivity contribution < 1.29 is 9.47 Å². The Hall–Kier alpha value is -3.08. The van der Waals surface area contributed by atoms with E-state index >= 15 is 0 Å². The molecule has 1 fully saturated rings. The molecule has 1 atom stereocenters. The molecule has 0 saturated heterocycles. The van der Waals surface area contributed by atoms with E-state index in [4.69, 9.17) is 9.47 Å². The Morgan fingerprint density at radius 2 is 1.93 bits per heavy atom. The van der Waals surface area contributed by atoms with Gasteiger partial charge in [-0.2, -0.15) is 4.98 Å². The van der Waals surface area contributed by atoms with Crippen LogP contribution in [0, 0.1) is 0 Å². The van der Waals surface area contributed by atoms with Crippen molar-refractivity contribution in [2.24, 2.45) is 0 Å². The van der Waals surface area contributed by atoms with Crippen LogP contribution in [0.3, 0.4) is 0 Å². The molecule has 0 spiro atoms. The highest BCUT2D eigenvalue weighted by atomic mass is 16.6. The normalized spacial score (nSPS) is 18.0. The van der Waals surface area contributed by atoms with Crippen molar-refractivity contribution in [2.45, 2.75) is 31.4 Å². The lowest BCUT2D eigenvalue weighted by atomic mass is 10.0. The van der Waals surface area contributed by atoms with Crippen molar-refractivity contribution in [1.82, 2.24) is 9.55 Å². The average Bonchev–Trinajstić information content (AvgIpc) is 3.47. The number of ether oxygens (including phenoxy) is 2. The lowest BCUT2D eigenvalue weighted by molar-refractivity contribution is 0.143. The molecule has 0 bridgehead atoms. The Morgan fingerprint density at radius 1 is 1.07 bits per heavy atom. The van der Waals surface area contributed by atoms with Crippen LogP contribution in [-0.2, 0) is 6.54 Å². The van der Waals surface area contributed by atoms with Crippen LogP contribution in [-0.4, -0.2) is 22.3 Å². The Kier molecular flexibility index (Phi) is 3.93. The maximum atomic E-state index is 11.3. The van der Waals surface area contributed by atoms with Gasteiger partial charge >= 0.3 is 0 Å². The summed E-state index contributed by atoms with van der Waals surface area (Å²) in [6.07, 6.45) is 4.18. The Balaban J connectivity index is 1.22. The molecule has 5 rings (SSSR count). The second-order valence-electron chi connectivity index (χ2n) is 7.18. The molecule has 5 heteroatoms. The molecule has 0 radical (unpaired) electrons. The third-order valence-electron chi connectivity index (χ3n) is 5.08. The van der Waals surface area contributed by atoms with Gasteiger partial charge in [0.1, 0.15) is 12.4 Å². The zero-order chi connectivity index (χ0) is 18.2. The van der Waals surface area contributed by atoms with E-state index in [9.17, 15) is 4.79 Å². The zero-order valence-corrected chi connectivity index (χ0v) is 14.9. The molecule has 3 aromatic rings. The molecular weight excluding hydrogens is 340 g/mol. The number of hydrogen-bond donors (Lipinski definition) is 0. The van der Waals surface area contributed by atoms with Gasteiger partial charge in [0.05, 0.1) is 6.54 Å². The molecule has 0 N–H and O–H groups in total. The zero-order valence-electron chi connectivity index (χ0n) is 14.9. The van der Waals surface area contributed by atoms with Gasteiger partial charge in [-0.25, -0.2) is 0 Å². The van der Waals surface area contributed by atoms with Crippen molar-refractivity contribution in [1.29, 1.82) is 0 Å². The van der Waals surface area contributed by atoms with Crippen LogP contribution in [0.4, 0.5) is 0 Å². The summed E-state index contributed by atoms with van der Waals surface area (Å²) in [6, 6.07) is 18.8. The van der Waals surface area contributed by atoms with Crippen molar-refractivity contribution in [3.05, 3.63) is 76.7 Å². The van der Waals surface area contributed by atoms with Gasteiger partial charge in [0.2, 0.25) is 0 Å². The van der Waals surface area contributed by atoms with Gasteiger partial charge < -0.3 is 9.47 Å². The van der Waals surface area contributed by atoms with Crippen LogP contribution in [0.25, 0.3) is 11.1 Å². The summed E-state index contributed by atoms with van der Waals surface area (Å²) in [5.74, 6) is 1.56. The number of rotatable bonds is 5. The number of hydrogen-bond acceptors (Lipinski definition) is 4. The van der Waals surface area contributed by atoms with Crippen molar-refractivity contribution in [2.75, 3.05) is 6.61 Å². The van der Waals surface area contributed by atoms with Gasteiger partial charge in [0.25, 0.3) is 11.6 Å². The summed E-state index contributed by atoms with van der Waals surface area (Å²) < 4.78 is 13.4. The molecule has 5 nitrogen and oxygen atoms in total. The minimum atomic E-state index is -0.288. The molecule has 1 unspecified atom stereocenters. The van der Waals surface area contributed by atoms with Crippen LogP contribution in [0.15, 0.2) is 65.6 Å². The fourth-order valence-electron chi connectivity index (χ4n) is 3.46. The molecule has 2 aromatic carbocycles. The number of nitrogens with zero attached hydrogens (tertiary/aromatic N) is 2. The standard InChI is InChI=1S/C22H20N2O3/c25-21-10-11-24-13-20(27-22(24)23-21)14-26-19-8-6-16(7-9-19)18-3-1-2-17(12-18)15-4-5-15/h1-3,6-12,15,20H,4-5,13-14H2. The van der Waals surface area contributed by atoms with E-state index < -0.39 is 0 Å². The maximum absolute atomic E-state index is 11.3. The van der Waals surface area contributed by atoms with Crippen molar-refractivity contribution in [3.63, 3.8) is 0 Å². The Labute approximate surface area is 157 Å². The summed E-state index contributed by atoms with van der Waals surface area (Å²) in [5.41, 5.74) is 3.59. The molecule has 1 aliphatic carbocycles. The van der Waals surface area contributed by atoms with Crippen LogP contribution in [0.5, 0.6) is 11.8 Å². The molecule has 2 heterocycles. The summed E-state index contributed by atoms with van der Waals surface area (Å²) in [4.78, 5) is 15.1. The summed E-state index contributed by atoms with van der Waals surface area (Å²) in [6.45, 7) is 1.04. The molecule has 1 aromatic heterocycles. The van der Waals surface area contributed by atoms with Gasteiger partial charge in [-0.3, -0.25) is 9.36 Å². The van der Waals surface area contributed by atoms with E-state index in [1.807, 2.05) is 16.7 Å². The van der Waals surface area contributed by atoms with Gasteiger partial charge in [-0.15, -0.1) is 0 Å². The highest BCUT2D eigenvalue weighted by Gasteiger charge is 2.24. The lowest BCUT2D eigenvalue weighted by Crippen LogP contribution is -2.23. The van der Waals surface area contributed by atoms with Gasteiger partial charge in [-0.05, 0) is 47.6 Å². The first kappa shape index (κ1) is 16.1. The molecule has 1 saturated carbocycles. The van der Waals surface area contributed by atoms with Crippen LogP contribution >= 0.6 is 0 Å². The second-order valence-corrected chi connectivity index (χ2v) is 7.18. The third kappa shape index (κ3) is 3.45. The molecule has 27 heavy (non-hydrogen) atoms. The number of benzene rings is 2.